The van der Waals surface area contributed by atoms with E-state index in [4.69, 9.17) is 17.0 Å². The van der Waals surface area contributed by atoms with Crippen molar-refractivity contribution in [2.24, 2.45) is 23.2 Å². The number of nitrogens with one attached hydrogen (secondary N) is 2. The summed E-state index contributed by atoms with van der Waals surface area (Å²) < 4.78 is 5.40. The second kappa shape index (κ2) is 6.21. The summed E-state index contributed by atoms with van der Waals surface area (Å²) in [7, 11) is 1.69. The van der Waals surface area contributed by atoms with Crippen LogP contribution in [0.2, 0.25) is 0 Å². The van der Waals surface area contributed by atoms with Gasteiger partial charge in [0.05, 0.1) is 12.8 Å². The second-order valence-corrected chi connectivity index (χ2v) is 8.71. The molecular formula is C20H28N2OS. The molecule has 4 aliphatic rings. The van der Waals surface area contributed by atoms with Crippen LogP contribution in [0.15, 0.2) is 24.3 Å². The van der Waals surface area contributed by atoms with Gasteiger partial charge in [0.15, 0.2) is 5.11 Å². The highest BCUT2D eigenvalue weighted by molar-refractivity contribution is 7.80. The van der Waals surface area contributed by atoms with Crippen LogP contribution < -0.4 is 15.4 Å². The smallest absolute Gasteiger partial charge is 0.171 e. The van der Waals surface area contributed by atoms with Gasteiger partial charge in [-0.15, -0.1) is 0 Å². The van der Waals surface area contributed by atoms with E-state index in [1.54, 1.807) is 7.11 Å². The zero-order valence-electron chi connectivity index (χ0n) is 14.7. The van der Waals surface area contributed by atoms with Crippen LogP contribution >= 0.6 is 12.2 Å². The fourth-order valence-electron chi connectivity index (χ4n) is 5.96. The van der Waals surface area contributed by atoms with Crippen molar-refractivity contribution in [3.8, 4) is 5.75 Å². The van der Waals surface area contributed by atoms with Gasteiger partial charge in [-0.3, -0.25) is 0 Å². The van der Waals surface area contributed by atoms with Crippen LogP contribution in [0.4, 0.5) is 5.69 Å². The number of ether oxygens (including phenoxy) is 1. The fourth-order valence-corrected chi connectivity index (χ4v) is 6.25. The van der Waals surface area contributed by atoms with Crippen molar-refractivity contribution in [2.75, 3.05) is 12.4 Å². The van der Waals surface area contributed by atoms with Gasteiger partial charge in [-0.1, -0.05) is 12.1 Å². The van der Waals surface area contributed by atoms with Crippen molar-refractivity contribution < 1.29 is 4.74 Å². The Kier molecular flexibility index (Phi) is 4.19. The summed E-state index contributed by atoms with van der Waals surface area (Å²) in [5.74, 6) is 3.73. The molecule has 130 valence electrons. The van der Waals surface area contributed by atoms with Crippen LogP contribution in [0.5, 0.6) is 5.75 Å². The molecule has 1 aromatic carbocycles. The molecule has 2 N–H and O–H groups in total. The summed E-state index contributed by atoms with van der Waals surface area (Å²) in [6, 6.07) is 8.35. The Balaban J connectivity index is 1.42. The second-order valence-electron chi connectivity index (χ2n) is 8.30. The average molecular weight is 345 g/mol. The topological polar surface area (TPSA) is 33.3 Å². The number of hydrogen-bond donors (Lipinski definition) is 2. The molecule has 0 aromatic heterocycles. The summed E-state index contributed by atoms with van der Waals surface area (Å²) in [6.45, 7) is 2.34. The first kappa shape index (κ1) is 16.2. The molecule has 0 radical (unpaired) electrons. The van der Waals surface area contributed by atoms with Gasteiger partial charge in [-0.2, -0.15) is 0 Å². The average Bonchev–Trinajstić information content (AvgIpc) is 2.54. The van der Waals surface area contributed by atoms with Crippen LogP contribution in [0.1, 0.15) is 45.4 Å². The fraction of sp³-hybridized carbons (Fsp3) is 0.650. The highest BCUT2D eigenvalue weighted by atomic mass is 32.1. The van der Waals surface area contributed by atoms with E-state index in [1.807, 2.05) is 24.3 Å². The Morgan fingerprint density at radius 1 is 1.12 bits per heavy atom. The maximum atomic E-state index is 5.60. The monoisotopic (exact) mass is 344 g/mol. The van der Waals surface area contributed by atoms with Crippen LogP contribution in [0.3, 0.4) is 0 Å². The van der Waals surface area contributed by atoms with Crippen molar-refractivity contribution in [3.63, 3.8) is 0 Å². The summed E-state index contributed by atoms with van der Waals surface area (Å²) in [6.07, 6.45) is 8.63. The van der Waals surface area contributed by atoms with E-state index in [2.05, 4.69) is 17.6 Å². The zero-order chi connectivity index (χ0) is 16.7. The van der Waals surface area contributed by atoms with Gasteiger partial charge >= 0.3 is 0 Å². The molecule has 0 saturated heterocycles. The normalized spacial score (nSPS) is 34.7. The quantitative estimate of drug-likeness (QED) is 0.783. The number of rotatable bonds is 4. The molecule has 4 fully saturated rings. The molecule has 4 saturated carbocycles. The molecule has 0 spiro atoms. The molecule has 4 aliphatic carbocycles. The van der Waals surface area contributed by atoms with E-state index in [1.165, 1.54) is 38.5 Å². The highest BCUT2D eigenvalue weighted by Gasteiger charge is 2.53. The lowest BCUT2D eigenvalue weighted by Crippen LogP contribution is -2.56. The number of thiocarbonyl (C=S) groups is 1. The van der Waals surface area contributed by atoms with Gasteiger partial charge in [0.2, 0.25) is 0 Å². The molecule has 4 bridgehead atoms. The van der Waals surface area contributed by atoms with Gasteiger partial charge in [0.25, 0.3) is 0 Å². The third kappa shape index (κ3) is 2.90. The van der Waals surface area contributed by atoms with Gasteiger partial charge < -0.3 is 15.4 Å². The van der Waals surface area contributed by atoms with Crippen LogP contribution in [-0.4, -0.2) is 18.3 Å². The van der Waals surface area contributed by atoms with Crippen LogP contribution in [0.25, 0.3) is 0 Å². The Labute approximate surface area is 150 Å². The first-order valence-corrected chi connectivity index (χ1v) is 9.69. The minimum Gasteiger partial charge on any atom is -0.495 e. The molecule has 0 aliphatic heterocycles. The molecule has 0 amide bonds. The SMILES string of the molecule is COc1ccccc1NC(=S)NC(C)C12CC3CC(CC(C3)C1)C2. The molecule has 0 heterocycles. The standard InChI is InChI=1S/C20H28N2OS/c1-13(20-10-14-7-15(11-20)9-16(8-14)12-20)21-19(24)22-17-5-3-4-6-18(17)23-2/h3-6,13-16H,7-12H2,1-2H3,(H2,21,22,24). The van der Waals surface area contributed by atoms with Crippen LogP contribution in [0, 0.1) is 23.2 Å². The molecule has 1 aromatic rings. The summed E-state index contributed by atoms with van der Waals surface area (Å²) in [5.41, 5.74) is 1.39. The lowest BCUT2D eigenvalue weighted by molar-refractivity contribution is -0.0671. The van der Waals surface area contributed by atoms with E-state index in [9.17, 15) is 0 Å². The predicted molar refractivity (Wildman–Crippen MR) is 102 cm³/mol. The van der Waals surface area contributed by atoms with E-state index < -0.39 is 0 Å². The third-order valence-electron chi connectivity index (χ3n) is 6.71. The molecule has 1 atom stereocenters. The maximum Gasteiger partial charge on any atom is 0.171 e. The Morgan fingerprint density at radius 3 is 2.29 bits per heavy atom. The van der Waals surface area contributed by atoms with E-state index >= 15 is 0 Å². The Bertz CT molecular complexity index is 595. The van der Waals surface area contributed by atoms with E-state index in [-0.39, 0.29) is 0 Å². The molecule has 1 unspecified atom stereocenters. The van der Waals surface area contributed by atoms with Crippen molar-refractivity contribution in [1.82, 2.24) is 5.32 Å². The number of hydrogen-bond acceptors (Lipinski definition) is 2. The highest BCUT2D eigenvalue weighted by Crippen LogP contribution is 2.61. The Morgan fingerprint density at radius 2 is 1.71 bits per heavy atom. The van der Waals surface area contributed by atoms with Crippen LogP contribution in [-0.2, 0) is 0 Å². The Hall–Kier alpha value is -1.29. The summed E-state index contributed by atoms with van der Waals surface area (Å²) in [5, 5.41) is 7.63. The lowest BCUT2D eigenvalue weighted by atomic mass is 9.48. The van der Waals surface area contributed by atoms with Gasteiger partial charge in [0, 0.05) is 6.04 Å². The third-order valence-corrected chi connectivity index (χ3v) is 6.93. The largest absolute Gasteiger partial charge is 0.495 e. The predicted octanol–water partition coefficient (Wildman–Crippen LogP) is 4.59. The first-order chi connectivity index (χ1) is 11.6. The molecular weight excluding hydrogens is 316 g/mol. The van der Waals surface area contributed by atoms with Gasteiger partial charge in [-0.05, 0) is 93.0 Å². The number of methoxy groups -OCH3 is 1. The van der Waals surface area contributed by atoms with E-state index in [0.717, 1.165) is 29.2 Å². The lowest BCUT2D eigenvalue weighted by Gasteiger charge is -2.59. The minimum atomic E-state index is 0.431. The number of benzene rings is 1. The van der Waals surface area contributed by atoms with Crippen molar-refractivity contribution in [1.29, 1.82) is 0 Å². The molecule has 3 nitrogen and oxygen atoms in total. The molecule has 24 heavy (non-hydrogen) atoms. The zero-order valence-corrected chi connectivity index (χ0v) is 15.5. The van der Waals surface area contributed by atoms with Gasteiger partial charge in [0.1, 0.15) is 5.75 Å². The molecule has 4 heteroatoms. The summed E-state index contributed by atoms with van der Waals surface area (Å²) >= 11 is 5.60. The minimum absolute atomic E-state index is 0.431. The van der Waals surface area contributed by atoms with Crippen molar-refractivity contribution in [3.05, 3.63) is 24.3 Å². The summed E-state index contributed by atoms with van der Waals surface area (Å²) in [4.78, 5) is 0. The van der Waals surface area contributed by atoms with Gasteiger partial charge in [-0.25, -0.2) is 0 Å². The first-order valence-electron chi connectivity index (χ1n) is 9.28. The van der Waals surface area contributed by atoms with Crippen molar-refractivity contribution >= 4 is 23.0 Å². The molecule has 5 rings (SSSR count). The van der Waals surface area contributed by atoms with Crippen molar-refractivity contribution in [2.45, 2.75) is 51.5 Å². The van der Waals surface area contributed by atoms with E-state index in [0.29, 0.717) is 16.6 Å². The number of anilines is 1. The number of para-hydroxylation sites is 2. The maximum absolute atomic E-state index is 5.60.